The van der Waals surface area contributed by atoms with Crippen LogP contribution in [0.25, 0.3) is 10.8 Å². The van der Waals surface area contributed by atoms with Crippen molar-refractivity contribution in [3.63, 3.8) is 0 Å². The molecule has 0 aliphatic carbocycles. The Morgan fingerprint density at radius 3 is 2.73 bits per heavy atom. The Bertz CT molecular complexity index is 499. The highest BCUT2D eigenvalue weighted by atomic mass is 35.5. The lowest BCUT2D eigenvalue weighted by Crippen LogP contribution is -1.99. The van der Waals surface area contributed by atoms with E-state index >= 15 is 0 Å². The molecule has 3 N–H and O–H groups in total. The van der Waals surface area contributed by atoms with Gasteiger partial charge in [-0.3, -0.25) is 4.84 Å². The van der Waals surface area contributed by atoms with Crippen molar-refractivity contribution in [3.8, 4) is 5.75 Å². The molecule has 0 bridgehead atoms. The predicted octanol–water partition coefficient (Wildman–Crippen LogP) is 2.59. The van der Waals surface area contributed by atoms with E-state index in [1.807, 2.05) is 18.2 Å². The van der Waals surface area contributed by atoms with Gasteiger partial charge < -0.3 is 5.11 Å². The molecule has 0 saturated heterocycles. The van der Waals surface area contributed by atoms with Gasteiger partial charge in [-0.05, 0) is 35.0 Å². The zero-order valence-electron chi connectivity index (χ0n) is 7.90. The summed E-state index contributed by atoms with van der Waals surface area (Å²) in [6, 6.07) is 8.94. The molecule has 2 aromatic carbocycles. The highest BCUT2D eigenvalue weighted by molar-refractivity contribution is 6.31. The van der Waals surface area contributed by atoms with E-state index in [0.29, 0.717) is 10.6 Å². The van der Waals surface area contributed by atoms with Crippen LogP contribution < -0.4 is 5.90 Å². The van der Waals surface area contributed by atoms with E-state index in [1.54, 1.807) is 12.1 Å². The topological polar surface area (TPSA) is 55.5 Å². The Balaban J connectivity index is 2.61. The van der Waals surface area contributed by atoms with E-state index in [4.69, 9.17) is 17.5 Å². The summed E-state index contributed by atoms with van der Waals surface area (Å²) in [5, 5.41) is 12.2. The van der Waals surface area contributed by atoms with Crippen LogP contribution in [0.5, 0.6) is 5.75 Å². The van der Waals surface area contributed by atoms with Crippen molar-refractivity contribution in [3.05, 3.63) is 40.9 Å². The van der Waals surface area contributed by atoms with Gasteiger partial charge in [0.2, 0.25) is 0 Å². The van der Waals surface area contributed by atoms with E-state index in [2.05, 4.69) is 4.84 Å². The minimum absolute atomic E-state index is 0.175. The first-order chi connectivity index (χ1) is 7.20. The molecule has 0 heterocycles. The fraction of sp³-hybridized carbons (Fsp3) is 0.0909. The van der Waals surface area contributed by atoms with Crippen LogP contribution in [0.1, 0.15) is 5.56 Å². The number of phenols is 1. The number of nitrogens with two attached hydrogens (primary N) is 1. The van der Waals surface area contributed by atoms with Gasteiger partial charge in [-0.2, -0.15) is 0 Å². The molecule has 2 aromatic rings. The van der Waals surface area contributed by atoms with Crippen LogP contribution in [0.15, 0.2) is 30.3 Å². The zero-order chi connectivity index (χ0) is 10.8. The second kappa shape index (κ2) is 4.06. The third-order valence-corrected chi connectivity index (χ3v) is 2.47. The van der Waals surface area contributed by atoms with Gasteiger partial charge in [-0.25, -0.2) is 5.90 Å². The average molecular weight is 224 g/mol. The quantitative estimate of drug-likeness (QED) is 0.770. The Kier molecular flexibility index (Phi) is 2.77. The lowest BCUT2D eigenvalue weighted by atomic mass is 10.1. The number of hydrogen-bond donors (Lipinski definition) is 2. The first kappa shape index (κ1) is 10.2. The smallest absolute Gasteiger partial charge is 0.121 e. The maximum atomic E-state index is 9.64. The van der Waals surface area contributed by atoms with E-state index in [-0.39, 0.29) is 12.4 Å². The monoisotopic (exact) mass is 223 g/mol. The van der Waals surface area contributed by atoms with Crippen LogP contribution in [0, 0.1) is 0 Å². The minimum Gasteiger partial charge on any atom is -0.508 e. The Hall–Kier alpha value is -1.29. The SMILES string of the molecule is NOCc1cc2cc(Cl)ccc2cc1O. The molecular formula is C11H10ClNO2. The number of benzene rings is 2. The van der Waals surface area contributed by atoms with Crippen molar-refractivity contribution < 1.29 is 9.94 Å². The van der Waals surface area contributed by atoms with E-state index < -0.39 is 0 Å². The molecule has 0 spiro atoms. The number of phenolic OH excluding ortho intramolecular Hbond substituents is 1. The fourth-order valence-electron chi connectivity index (χ4n) is 1.51. The molecule has 0 aliphatic rings. The largest absolute Gasteiger partial charge is 0.508 e. The summed E-state index contributed by atoms with van der Waals surface area (Å²) in [5.41, 5.74) is 0.646. The Labute approximate surface area is 92.0 Å². The normalized spacial score (nSPS) is 10.8. The van der Waals surface area contributed by atoms with E-state index in [1.165, 1.54) is 0 Å². The van der Waals surface area contributed by atoms with Crippen molar-refractivity contribution >= 4 is 22.4 Å². The van der Waals surface area contributed by atoms with Crippen LogP contribution in [-0.2, 0) is 11.4 Å². The van der Waals surface area contributed by atoms with Crippen LogP contribution in [0.2, 0.25) is 5.02 Å². The van der Waals surface area contributed by atoms with Crippen LogP contribution in [0.3, 0.4) is 0 Å². The van der Waals surface area contributed by atoms with Crippen LogP contribution in [-0.4, -0.2) is 5.11 Å². The number of hydrogen-bond acceptors (Lipinski definition) is 3. The lowest BCUT2D eigenvalue weighted by Gasteiger charge is -2.05. The number of halogens is 1. The second-order valence-corrected chi connectivity index (χ2v) is 3.72. The van der Waals surface area contributed by atoms with E-state index in [0.717, 1.165) is 10.8 Å². The van der Waals surface area contributed by atoms with Gasteiger partial charge in [0.25, 0.3) is 0 Å². The van der Waals surface area contributed by atoms with Gasteiger partial charge in [-0.15, -0.1) is 0 Å². The van der Waals surface area contributed by atoms with Crippen molar-refractivity contribution in [2.24, 2.45) is 5.90 Å². The van der Waals surface area contributed by atoms with E-state index in [9.17, 15) is 5.11 Å². The molecule has 0 amide bonds. The molecule has 0 aliphatic heterocycles. The minimum atomic E-state index is 0.175. The molecule has 78 valence electrons. The standard InChI is InChI=1S/C11H10ClNO2/c12-10-2-1-7-5-11(14)9(6-15-13)3-8(7)4-10/h1-5,14H,6,13H2. The average Bonchev–Trinajstić information content (AvgIpc) is 2.20. The van der Waals surface area contributed by atoms with Gasteiger partial charge in [0.15, 0.2) is 0 Å². The molecule has 0 saturated carbocycles. The second-order valence-electron chi connectivity index (χ2n) is 3.28. The maximum Gasteiger partial charge on any atom is 0.121 e. The molecule has 4 heteroatoms. The molecule has 0 unspecified atom stereocenters. The molecule has 0 radical (unpaired) electrons. The predicted molar refractivity (Wildman–Crippen MR) is 59.6 cm³/mol. The number of rotatable bonds is 2. The van der Waals surface area contributed by atoms with Crippen molar-refractivity contribution in [1.82, 2.24) is 0 Å². The maximum absolute atomic E-state index is 9.64. The summed E-state index contributed by atoms with van der Waals surface area (Å²) in [4.78, 5) is 4.49. The summed E-state index contributed by atoms with van der Waals surface area (Å²) in [6.07, 6.45) is 0. The van der Waals surface area contributed by atoms with Gasteiger partial charge in [-0.1, -0.05) is 17.7 Å². The van der Waals surface area contributed by atoms with Gasteiger partial charge in [0.1, 0.15) is 5.75 Å². The van der Waals surface area contributed by atoms with Crippen molar-refractivity contribution in [2.75, 3.05) is 0 Å². The molecule has 3 nitrogen and oxygen atoms in total. The third kappa shape index (κ3) is 2.04. The molecule has 0 fully saturated rings. The summed E-state index contributed by atoms with van der Waals surface area (Å²) < 4.78 is 0. The first-order valence-electron chi connectivity index (χ1n) is 4.43. The lowest BCUT2D eigenvalue weighted by molar-refractivity contribution is 0.122. The van der Waals surface area contributed by atoms with Gasteiger partial charge in [0.05, 0.1) is 6.61 Å². The number of fused-ring (bicyclic) bond motifs is 1. The van der Waals surface area contributed by atoms with Crippen LogP contribution >= 0.6 is 11.6 Å². The summed E-state index contributed by atoms with van der Waals surface area (Å²) in [7, 11) is 0. The van der Waals surface area contributed by atoms with Crippen LogP contribution in [0.4, 0.5) is 0 Å². The molecule has 2 rings (SSSR count). The van der Waals surface area contributed by atoms with Crippen molar-refractivity contribution in [2.45, 2.75) is 6.61 Å². The Morgan fingerprint density at radius 2 is 2.00 bits per heavy atom. The molecule has 15 heavy (non-hydrogen) atoms. The van der Waals surface area contributed by atoms with Gasteiger partial charge >= 0.3 is 0 Å². The molecule has 0 aromatic heterocycles. The highest BCUT2D eigenvalue weighted by Crippen LogP contribution is 2.27. The Morgan fingerprint density at radius 1 is 1.20 bits per heavy atom. The first-order valence-corrected chi connectivity index (χ1v) is 4.81. The third-order valence-electron chi connectivity index (χ3n) is 2.24. The summed E-state index contributed by atoms with van der Waals surface area (Å²) in [6.45, 7) is 0.175. The fourth-order valence-corrected chi connectivity index (χ4v) is 1.69. The highest BCUT2D eigenvalue weighted by Gasteiger charge is 2.04. The molecular weight excluding hydrogens is 214 g/mol. The van der Waals surface area contributed by atoms with Crippen molar-refractivity contribution in [1.29, 1.82) is 0 Å². The number of aromatic hydroxyl groups is 1. The molecule has 0 atom stereocenters. The summed E-state index contributed by atoms with van der Waals surface area (Å²) in [5.74, 6) is 5.14. The zero-order valence-corrected chi connectivity index (χ0v) is 8.66. The van der Waals surface area contributed by atoms with Gasteiger partial charge in [0, 0.05) is 10.6 Å². The summed E-state index contributed by atoms with van der Waals surface area (Å²) >= 11 is 5.87.